The van der Waals surface area contributed by atoms with Crippen molar-refractivity contribution in [3.05, 3.63) is 41.0 Å². The first-order chi connectivity index (χ1) is 11.4. The van der Waals surface area contributed by atoms with Gasteiger partial charge in [-0.2, -0.15) is 15.5 Å². The molecule has 0 aliphatic carbocycles. The Hall–Kier alpha value is -3.52. The molecule has 8 heteroatoms. The number of methoxy groups -OCH3 is 1. The van der Waals surface area contributed by atoms with E-state index in [0.29, 0.717) is 0 Å². The molecule has 0 atom stereocenters. The van der Waals surface area contributed by atoms with Crippen molar-refractivity contribution in [2.45, 2.75) is 6.92 Å². The quantitative estimate of drug-likeness (QED) is 0.934. The Balaban J connectivity index is 2.99. The zero-order valence-corrected chi connectivity index (χ0v) is 12.6. The standard InChI is InChI=1S/C16H10F2N4O2/c1-8(23)21-15-9(6-19)13(10(7-20)16(22-15)24-2)14-11(17)4-3-5-12(14)18/h3-5H,1-2H3,(H,21,22,23). The normalized spacial score (nSPS) is 9.75. The SMILES string of the molecule is COc1nc(NC(C)=O)c(C#N)c(-c2c(F)cccc2F)c1C#N. The third kappa shape index (κ3) is 2.85. The molecule has 0 aliphatic heterocycles. The average Bonchev–Trinajstić information content (AvgIpc) is 2.53. The molecule has 0 saturated carbocycles. The molecule has 0 spiro atoms. The van der Waals surface area contributed by atoms with Gasteiger partial charge in [-0.05, 0) is 12.1 Å². The number of anilines is 1. The van der Waals surface area contributed by atoms with Crippen LogP contribution in [0.2, 0.25) is 0 Å². The summed E-state index contributed by atoms with van der Waals surface area (Å²) in [5.74, 6) is -3.00. The van der Waals surface area contributed by atoms with Gasteiger partial charge in [-0.3, -0.25) is 4.79 Å². The van der Waals surface area contributed by atoms with Gasteiger partial charge < -0.3 is 10.1 Å². The lowest BCUT2D eigenvalue weighted by molar-refractivity contribution is -0.114. The van der Waals surface area contributed by atoms with Gasteiger partial charge in [0.2, 0.25) is 11.8 Å². The molecule has 0 saturated heterocycles. The van der Waals surface area contributed by atoms with Crippen LogP contribution in [-0.4, -0.2) is 18.0 Å². The van der Waals surface area contributed by atoms with Crippen LogP contribution >= 0.6 is 0 Å². The van der Waals surface area contributed by atoms with Crippen molar-refractivity contribution in [3.8, 4) is 29.1 Å². The predicted molar refractivity (Wildman–Crippen MR) is 79.9 cm³/mol. The van der Waals surface area contributed by atoms with Crippen molar-refractivity contribution in [3.63, 3.8) is 0 Å². The van der Waals surface area contributed by atoms with Crippen LogP contribution in [0.25, 0.3) is 11.1 Å². The lowest BCUT2D eigenvalue weighted by Gasteiger charge is -2.15. The van der Waals surface area contributed by atoms with Gasteiger partial charge in [0.25, 0.3) is 0 Å². The molecular weight excluding hydrogens is 318 g/mol. The lowest BCUT2D eigenvalue weighted by atomic mass is 9.95. The number of nitrogens with one attached hydrogen (secondary N) is 1. The molecule has 2 aromatic rings. The number of halogens is 2. The number of carbonyl (C=O) groups excluding carboxylic acids is 1. The van der Waals surface area contributed by atoms with E-state index in [0.717, 1.165) is 18.2 Å². The molecule has 1 N–H and O–H groups in total. The minimum atomic E-state index is -0.968. The minimum absolute atomic E-state index is 0.251. The molecular formula is C16H10F2N4O2. The van der Waals surface area contributed by atoms with E-state index in [1.807, 2.05) is 0 Å². The van der Waals surface area contributed by atoms with E-state index in [1.165, 1.54) is 14.0 Å². The smallest absolute Gasteiger partial charge is 0.234 e. The number of pyridine rings is 1. The number of nitriles is 2. The van der Waals surface area contributed by atoms with Crippen molar-refractivity contribution >= 4 is 11.7 Å². The summed E-state index contributed by atoms with van der Waals surface area (Å²) in [6.07, 6.45) is 0. The maximum Gasteiger partial charge on any atom is 0.234 e. The maximum absolute atomic E-state index is 14.2. The molecule has 1 heterocycles. The first-order valence-electron chi connectivity index (χ1n) is 6.58. The molecule has 0 aliphatic rings. The average molecular weight is 328 g/mol. The molecule has 6 nitrogen and oxygen atoms in total. The monoisotopic (exact) mass is 328 g/mol. The van der Waals surface area contributed by atoms with Gasteiger partial charge in [-0.25, -0.2) is 8.78 Å². The molecule has 0 unspecified atom stereocenters. The van der Waals surface area contributed by atoms with Gasteiger partial charge in [0.1, 0.15) is 34.9 Å². The number of hydrogen-bond acceptors (Lipinski definition) is 5. The number of nitrogens with zero attached hydrogens (tertiary/aromatic N) is 3. The fraction of sp³-hybridized carbons (Fsp3) is 0.125. The Bertz CT molecular complexity index is 894. The van der Waals surface area contributed by atoms with E-state index in [4.69, 9.17) is 4.74 Å². The molecule has 0 bridgehead atoms. The van der Waals surface area contributed by atoms with Gasteiger partial charge in [0, 0.05) is 12.5 Å². The summed E-state index contributed by atoms with van der Waals surface area (Å²) in [6.45, 7) is 1.18. The topological polar surface area (TPSA) is 98.8 Å². The van der Waals surface area contributed by atoms with Crippen molar-refractivity contribution in [1.29, 1.82) is 10.5 Å². The predicted octanol–water partition coefficient (Wildman–Crippen LogP) is 2.74. The van der Waals surface area contributed by atoms with E-state index >= 15 is 0 Å². The molecule has 1 aromatic carbocycles. The van der Waals surface area contributed by atoms with Crippen LogP contribution in [0.15, 0.2) is 18.2 Å². The van der Waals surface area contributed by atoms with Gasteiger partial charge in [-0.15, -0.1) is 0 Å². The van der Waals surface area contributed by atoms with E-state index in [-0.39, 0.29) is 28.4 Å². The fourth-order valence-corrected chi connectivity index (χ4v) is 2.17. The Kier molecular flexibility index (Phi) is 4.71. The van der Waals surface area contributed by atoms with Crippen molar-refractivity contribution < 1.29 is 18.3 Å². The van der Waals surface area contributed by atoms with E-state index in [2.05, 4.69) is 10.3 Å². The van der Waals surface area contributed by atoms with Crippen LogP contribution < -0.4 is 10.1 Å². The third-order valence-corrected chi connectivity index (χ3v) is 3.09. The lowest BCUT2D eigenvalue weighted by Crippen LogP contribution is -2.12. The molecule has 1 aromatic heterocycles. The van der Waals surface area contributed by atoms with Crippen LogP contribution in [0.1, 0.15) is 18.1 Å². The zero-order valence-electron chi connectivity index (χ0n) is 12.6. The Morgan fingerprint density at radius 2 is 1.75 bits per heavy atom. The Morgan fingerprint density at radius 3 is 2.21 bits per heavy atom. The largest absolute Gasteiger partial charge is 0.480 e. The third-order valence-electron chi connectivity index (χ3n) is 3.09. The van der Waals surface area contributed by atoms with Gasteiger partial charge in [0.05, 0.1) is 12.7 Å². The summed E-state index contributed by atoms with van der Waals surface area (Å²) in [5, 5.41) is 21.0. The second-order valence-corrected chi connectivity index (χ2v) is 4.60. The summed E-state index contributed by atoms with van der Waals surface area (Å²) >= 11 is 0. The number of rotatable bonds is 3. The van der Waals surface area contributed by atoms with Crippen LogP contribution in [0.3, 0.4) is 0 Å². The summed E-state index contributed by atoms with van der Waals surface area (Å²) in [6, 6.07) is 6.61. The zero-order chi connectivity index (χ0) is 17.9. The molecule has 120 valence electrons. The van der Waals surface area contributed by atoms with Crippen molar-refractivity contribution in [2.75, 3.05) is 12.4 Å². The second kappa shape index (κ2) is 6.71. The first-order valence-corrected chi connectivity index (χ1v) is 6.58. The number of benzene rings is 1. The summed E-state index contributed by atoms with van der Waals surface area (Å²) in [5.41, 5.74) is -1.55. The summed E-state index contributed by atoms with van der Waals surface area (Å²) in [7, 11) is 1.20. The highest BCUT2D eigenvalue weighted by Crippen LogP contribution is 2.38. The fourth-order valence-electron chi connectivity index (χ4n) is 2.17. The van der Waals surface area contributed by atoms with E-state index < -0.39 is 23.1 Å². The van der Waals surface area contributed by atoms with Crippen LogP contribution in [0.4, 0.5) is 14.6 Å². The van der Waals surface area contributed by atoms with Gasteiger partial charge >= 0.3 is 0 Å². The van der Waals surface area contributed by atoms with E-state index in [9.17, 15) is 24.1 Å². The second-order valence-electron chi connectivity index (χ2n) is 4.60. The summed E-state index contributed by atoms with van der Waals surface area (Å²) in [4.78, 5) is 15.2. The van der Waals surface area contributed by atoms with Gasteiger partial charge in [0.15, 0.2) is 5.82 Å². The highest BCUT2D eigenvalue weighted by Gasteiger charge is 2.26. The Morgan fingerprint density at radius 1 is 1.17 bits per heavy atom. The Labute approximate surface area is 135 Å². The number of hydrogen-bond donors (Lipinski definition) is 1. The van der Waals surface area contributed by atoms with E-state index in [1.54, 1.807) is 12.1 Å². The van der Waals surface area contributed by atoms with Crippen molar-refractivity contribution in [2.24, 2.45) is 0 Å². The van der Waals surface area contributed by atoms with Crippen LogP contribution in [0, 0.1) is 34.3 Å². The minimum Gasteiger partial charge on any atom is -0.480 e. The highest BCUT2D eigenvalue weighted by atomic mass is 19.1. The number of amides is 1. The number of aromatic nitrogens is 1. The molecule has 2 rings (SSSR count). The van der Waals surface area contributed by atoms with Crippen molar-refractivity contribution in [1.82, 2.24) is 4.98 Å². The molecule has 0 radical (unpaired) electrons. The number of carbonyl (C=O) groups is 1. The van der Waals surface area contributed by atoms with Gasteiger partial charge in [-0.1, -0.05) is 6.07 Å². The van der Waals surface area contributed by atoms with Crippen LogP contribution in [0.5, 0.6) is 5.88 Å². The maximum atomic E-state index is 14.2. The molecule has 1 amide bonds. The van der Waals surface area contributed by atoms with Crippen LogP contribution in [-0.2, 0) is 4.79 Å². The highest BCUT2D eigenvalue weighted by molar-refractivity contribution is 5.92. The summed E-state index contributed by atoms with van der Waals surface area (Å²) < 4.78 is 33.3. The number of ether oxygens (including phenoxy) is 1. The molecule has 0 fully saturated rings. The first kappa shape index (κ1) is 16.8. The molecule has 24 heavy (non-hydrogen) atoms.